The summed E-state index contributed by atoms with van der Waals surface area (Å²) in [5, 5.41) is 7.68. The summed E-state index contributed by atoms with van der Waals surface area (Å²) in [6.45, 7) is 5.05. The SMILES string of the molecule is CCn1cc(C(NC)c2cc(C)ccc2OC)cn1. The molecule has 0 saturated heterocycles. The minimum absolute atomic E-state index is 0.0927. The third kappa shape index (κ3) is 2.79. The van der Waals surface area contributed by atoms with Crippen LogP contribution in [0.3, 0.4) is 0 Å². The highest BCUT2D eigenvalue weighted by Gasteiger charge is 2.18. The van der Waals surface area contributed by atoms with Gasteiger partial charge in [-0.3, -0.25) is 4.68 Å². The number of methoxy groups -OCH3 is 1. The second-order valence-corrected chi connectivity index (χ2v) is 4.60. The summed E-state index contributed by atoms with van der Waals surface area (Å²) >= 11 is 0. The number of rotatable bonds is 5. The number of aryl methyl sites for hydroxylation is 2. The van der Waals surface area contributed by atoms with Crippen LogP contribution in [0.1, 0.15) is 29.7 Å². The van der Waals surface area contributed by atoms with Gasteiger partial charge in [0.2, 0.25) is 0 Å². The van der Waals surface area contributed by atoms with Crippen LogP contribution >= 0.6 is 0 Å². The zero-order chi connectivity index (χ0) is 13.8. The minimum atomic E-state index is 0.0927. The second kappa shape index (κ2) is 5.89. The average molecular weight is 259 g/mol. The van der Waals surface area contributed by atoms with Crippen LogP contribution in [-0.4, -0.2) is 23.9 Å². The van der Waals surface area contributed by atoms with E-state index in [2.05, 4.69) is 42.6 Å². The van der Waals surface area contributed by atoms with Gasteiger partial charge in [-0.15, -0.1) is 0 Å². The molecule has 102 valence electrons. The maximum Gasteiger partial charge on any atom is 0.124 e. The van der Waals surface area contributed by atoms with E-state index in [1.54, 1.807) is 7.11 Å². The third-order valence-electron chi connectivity index (χ3n) is 3.30. The van der Waals surface area contributed by atoms with Crippen LogP contribution in [-0.2, 0) is 6.54 Å². The summed E-state index contributed by atoms with van der Waals surface area (Å²) in [4.78, 5) is 0. The number of ether oxygens (including phenoxy) is 1. The van der Waals surface area contributed by atoms with Crippen LogP contribution in [0.5, 0.6) is 5.75 Å². The van der Waals surface area contributed by atoms with Gasteiger partial charge in [-0.25, -0.2) is 0 Å². The van der Waals surface area contributed by atoms with Gasteiger partial charge in [0.05, 0.1) is 19.3 Å². The van der Waals surface area contributed by atoms with Gasteiger partial charge in [0.1, 0.15) is 5.75 Å². The number of hydrogen-bond acceptors (Lipinski definition) is 3. The number of hydrogen-bond donors (Lipinski definition) is 1. The molecule has 1 aromatic heterocycles. The van der Waals surface area contributed by atoms with Crippen LogP contribution in [0.4, 0.5) is 0 Å². The topological polar surface area (TPSA) is 39.1 Å². The van der Waals surface area contributed by atoms with E-state index in [1.165, 1.54) is 5.56 Å². The predicted molar refractivity (Wildman–Crippen MR) is 76.5 cm³/mol. The first-order valence-electron chi connectivity index (χ1n) is 6.53. The van der Waals surface area contributed by atoms with E-state index in [-0.39, 0.29) is 6.04 Å². The zero-order valence-corrected chi connectivity index (χ0v) is 12.0. The minimum Gasteiger partial charge on any atom is -0.496 e. The van der Waals surface area contributed by atoms with E-state index in [1.807, 2.05) is 24.0 Å². The molecule has 0 radical (unpaired) electrons. The molecular formula is C15H21N3O. The quantitative estimate of drug-likeness (QED) is 0.897. The first kappa shape index (κ1) is 13.6. The Balaban J connectivity index is 2.43. The lowest BCUT2D eigenvalue weighted by atomic mass is 9.99. The van der Waals surface area contributed by atoms with Gasteiger partial charge in [-0.1, -0.05) is 17.7 Å². The van der Waals surface area contributed by atoms with E-state index >= 15 is 0 Å². The van der Waals surface area contributed by atoms with Gasteiger partial charge >= 0.3 is 0 Å². The van der Waals surface area contributed by atoms with Crippen molar-refractivity contribution in [3.63, 3.8) is 0 Å². The molecule has 0 bridgehead atoms. The van der Waals surface area contributed by atoms with Crippen LogP contribution < -0.4 is 10.1 Å². The maximum atomic E-state index is 5.47. The monoisotopic (exact) mass is 259 g/mol. The molecule has 0 aliphatic rings. The van der Waals surface area contributed by atoms with E-state index in [4.69, 9.17) is 4.74 Å². The van der Waals surface area contributed by atoms with Crippen molar-refractivity contribution >= 4 is 0 Å². The molecule has 4 heteroatoms. The van der Waals surface area contributed by atoms with Crippen LogP contribution in [0.15, 0.2) is 30.6 Å². The Morgan fingerprint density at radius 1 is 1.42 bits per heavy atom. The molecule has 1 N–H and O–H groups in total. The fraction of sp³-hybridized carbons (Fsp3) is 0.400. The smallest absolute Gasteiger partial charge is 0.124 e. The Morgan fingerprint density at radius 2 is 2.21 bits per heavy atom. The summed E-state index contributed by atoms with van der Waals surface area (Å²) in [5.74, 6) is 0.897. The van der Waals surface area contributed by atoms with Crippen molar-refractivity contribution in [3.8, 4) is 5.75 Å². The highest BCUT2D eigenvalue weighted by Crippen LogP contribution is 2.30. The number of nitrogens with one attached hydrogen (secondary N) is 1. The van der Waals surface area contributed by atoms with E-state index in [0.717, 1.165) is 23.4 Å². The Hall–Kier alpha value is -1.81. The summed E-state index contributed by atoms with van der Waals surface area (Å²) in [6, 6.07) is 6.32. The Labute approximate surface area is 114 Å². The van der Waals surface area contributed by atoms with E-state index < -0.39 is 0 Å². The van der Waals surface area contributed by atoms with Crippen LogP contribution in [0.25, 0.3) is 0 Å². The molecule has 4 nitrogen and oxygen atoms in total. The van der Waals surface area contributed by atoms with Crippen molar-refractivity contribution in [2.75, 3.05) is 14.2 Å². The highest BCUT2D eigenvalue weighted by molar-refractivity contribution is 5.43. The van der Waals surface area contributed by atoms with Crippen LogP contribution in [0, 0.1) is 6.92 Å². The van der Waals surface area contributed by atoms with E-state index in [0.29, 0.717) is 0 Å². The van der Waals surface area contributed by atoms with Gasteiger partial charge in [0.25, 0.3) is 0 Å². The Bertz CT molecular complexity index is 548. The van der Waals surface area contributed by atoms with Gasteiger partial charge in [-0.2, -0.15) is 5.10 Å². The van der Waals surface area contributed by atoms with Crippen molar-refractivity contribution in [1.29, 1.82) is 0 Å². The molecule has 1 atom stereocenters. The summed E-state index contributed by atoms with van der Waals surface area (Å²) in [5.41, 5.74) is 3.51. The molecule has 2 aromatic rings. The molecule has 0 saturated carbocycles. The number of aromatic nitrogens is 2. The second-order valence-electron chi connectivity index (χ2n) is 4.60. The summed E-state index contributed by atoms with van der Waals surface area (Å²) < 4.78 is 7.40. The van der Waals surface area contributed by atoms with Crippen LogP contribution in [0.2, 0.25) is 0 Å². The molecule has 1 unspecified atom stereocenters. The lowest BCUT2D eigenvalue weighted by Gasteiger charge is -2.18. The molecular weight excluding hydrogens is 238 g/mol. The zero-order valence-electron chi connectivity index (χ0n) is 12.0. The molecule has 0 fully saturated rings. The van der Waals surface area contributed by atoms with E-state index in [9.17, 15) is 0 Å². The predicted octanol–water partition coefficient (Wildman–Crippen LogP) is 2.53. The first-order chi connectivity index (χ1) is 9.19. The fourth-order valence-corrected chi connectivity index (χ4v) is 2.28. The fourth-order valence-electron chi connectivity index (χ4n) is 2.28. The van der Waals surface area contributed by atoms with Crippen molar-refractivity contribution in [2.24, 2.45) is 0 Å². The molecule has 0 aliphatic carbocycles. The molecule has 0 aliphatic heterocycles. The third-order valence-corrected chi connectivity index (χ3v) is 3.30. The molecule has 19 heavy (non-hydrogen) atoms. The van der Waals surface area contributed by atoms with Crippen molar-refractivity contribution < 1.29 is 4.74 Å². The molecule has 1 heterocycles. The highest BCUT2D eigenvalue weighted by atomic mass is 16.5. The van der Waals surface area contributed by atoms with Gasteiger partial charge in [0.15, 0.2) is 0 Å². The lowest BCUT2D eigenvalue weighted by molar-refractivity contribution is 0.405. The first-order valence-corrected chi connectivity index (χ1v) is 6.53. The van der Waals surface area contributed by atoms with Gasteiger partial charge in [-0.05, 0) is 27.0 Å². The Kier molecular flexibility index (Phi) is 4.22. The maximum absolute atomic E-state index is 5.47. The van der Waals surface area contributed by atoms with Crippen molar-refractivity contribution in [1.82, 2.24) is 15.1 Å². The van der Waals surface area contributed by atoms with Crippen molar-refractivity contribution in [3.05, 3.63) is 47.3 Å². The molecule has 0 amide bonds. The van der Waals surface area contributed by atoms with Gasteiger partial charge in [0, 0.05) is 23.9 Å². The summed E-state index contributed by atoms with van der Waals surface area (Å²) in [7, 11) is 3.66. The largest absolute Gasteiger partial charge is 0.496 e. The van der Waals surface area contributed by atoms with Gasteiger partial charge < -0.3 is 10.1 Å². The normalized spacial score (nSPS) is 12.4. The average Bonchev–Trinajstić information content (AvgIpc) is 2.89. The number of nitrogens with zero attached hydrogens (tertiary/aromatic N) is 2. The number of benzene rings is 1. The summed E-state index contributed by atoms with van der Waals surface area (Å²) in [6.07, 6.45) is 3.98. The standard InChI is InChI=1S/C15H21N3O/c1-5-18-10-12(9-17-18)15(16-3)13-8-11(2)6-7-14(13)19-4/h6-10,15-16H,5H2,1-4H3. The Morgan fingerprint density at radius 3 is 2.79 bits per heavy atom. The molecule has 0 spiro atoms. The van der Waals surface area contributed by atoms with Crippen molar-refractivity contribution in [2.45, 2.75) is 26.4 Å². The molecule has 1 aromatic carbocycles. The lowest BCUT2D eigenvalue weighted by Crippen LogP contribution is -2.18. The molecule has 2 rings (SSSR count).